The Kier molecular flexibility index (Phi) is 6.90. The van der Waals surface area contributed by atoms with E-state index < -0.39 is 23.3 Å². The number of anilines is 2. The number of nitrogens with two attached hydrogens (primary N) is 1. The Bertz CT molecular complexity index is 1870. The van der Waals surface area contributed by atoms with Gasteiger partial charge in [-0.3, -0.25) is 4.90 Å². The summed E-state index contributed by atoms with van der Waals surface area (Å²) < 4.78 is 65.1. The number of hydrogen-bond acceptors (Lipinski definition) is 9. The van der Waals surface area contributed by atoms with Crippen molar-refractivity contribution in [2.45, 2.75) is 55.6 Å². The summed E-state index contributed by atoms with van der Waals surface area (Å²) >= 11 is 7.76. The number of aromatic nitrogens is 3. The fourth-order valence-electron chi connectivity index (χ4n) is 8.01. The van der Waals surface area contributed by atoms with Crippen LogP contribution in [-0.2, 0) is 0 Å². The number of ether oxygens (including phenoxy) is 1. The highest BCUT2D eigenvalue weighted by atomic mass is 35.5. The van der Waals surface area contributed by atoms with Gasteiger partial charge in [-0.15, -0.1) is 0 Å². The Labute approximate surface area is 265 Å². The number of thiazole rings is 1. The third-order valence-electron chi connectivity index (χ3n) is 9.93. The summed E-state index contributed by atoms with van der Waals surface area (Å²) in [4.78, 5) is 18.0. The van der Waals surface area contributed by atoms with E-state index >= 15 is 4.39 Å². The summed E-state index contributed by atoms with van der Waals surface area (Å²) in [5.41, 5.74) is 5.30. The van der Waals surface area contributed by atoms with Crippen LogP contribution in [0.3, 0.4) is 0 Å². The van der Waals surface area contributed by atoms with Crippen molar-refractivity contribution in [3.05, 3.63) is 47.0 Å². The van der Waals surface area contributed by atoms with Gasteiger partial charge in [0.15, 0.2) is 10.9 Å². The van der Waals surface area contributed by atoms with E-state index in [4.69, 9.17) is 27.1 Å². The fourth-order valence-corrected chi connectivity index (χ4v) is 9.07. The molecule has 4 aliphatic heterocycles. The largest absolute Gasteiger partial charge is 0.461 e. The number of halogens is 5. The molecule has 4 aromatic rings. The minimum Gasteiger partial charge on any atom is -0.461 e. The van der Waals surface area contributed by atoms with E-state index in [9.17, 15) is 13.2 Å². The maximum absolute atomic E-state index is 16.8. The number of benzene rings is 2. The highest BCUT2D eigenvalue weighted by molar-refractivity contribution is 7.22. The molecule has 4 saturated heterocycles. The number of nitrogens with one attached hydrogen (secondary N) is 1. The molecule has 3 N–H and O–H groups in total. The lowest BCUT2D eigenvalue weighted by Crippen LogP contribution is -2.59. The lowest BCUT2D eigenvalue weighted by atomic mass is 9.95. The van der Waals surface area contributed by atoms with Crippen molar-refractivity contribution >= 4 is 55.0 Å². The van der Waals surface area contributed by atoms with Crippen LogP contribution in [0.2, 0.25) is 5.02 Å². The molecule has 2 bridgehead atoms. The number of piperazine rings is 1. The monoisotopic (exact) mass is 659 g/mol. The Morgan fingerprint density at radius 1 is 1.13 bits per heavy atom. The van der Waals surface area contributed by atoms with Gasteiger partial charge in [0.1, 0.15) is 23.8 Å². The Balaban J connectivity index is 1.28. The summed E-state index contributed by atoms with van der Waals surface area (Å²) in [5, 5.41) is 3.85. The van der Waals surface area contributed by atoms with Crippen LogP contribution in [0.15, 0.2) is 30.4 Å². The molecule has 2 atom stereocenters. The first kappa shape index (κ1) is 29.2. The van der Waals surface area contributed by atoms with Crippen LogP contribution in [0.5, 0.6) is 6.01 Å². The van der Waals surface area contributed by atoms with Crippen molar-refractivity contribution in [1.29, 1.82) is 0 Å². The Morgan fingerprint density at radius 3 is 2.71 bits per heavy atom. The fraction of sp³-hybridized carbons (Fsp3) is 0.452. The van der Waals surface area contributed by atoms with E-state index in [0.29, 0.717) is 37.2 Å². The molecule has 8 rings (SSSR count). The minimum atomic E-state index is -1.76. The summed E-state index contributed by atoms with van der Waals surface area (Å²) in [5.74, 6) is -0.898. The predicted molar refractivity (Wildman–Crippen MR) is 167 cm³/mol. The first-order valence-corrected chi connectivity index (χ1v) is 16.3. The van der Waals surface area contributed by atoms with Gasteiger partial charge in [0, 0.05) is 41.7 Å². The molecule has 8 nitrogen and oxygen atoms in total. The second-order valence-corrected chi connectivity index (χ2v) is 14.1. The smallest absolute Gasteiger partial charge is 0.319 e. The topological polar surface area (TPSA) is 92.4 Å². The summed E-state index contributed by atoms with van der Waals surface area (Å²) in [6, 6.07) is 4.19. The summed E-state index contributed by atoms with van der Waals surface area (Å²) in [6.45, 7) is 3.06. The number of hydrogen-bond donors (Lipinski definition) is 2. The second-order valence-electron chi connectivity index (χ2n) is 12.7. The molecule has 2 aromatic carbocycles. The van der Waals surface area contributed by atoms with Crippen LogP contribution in [-0.4, -0.2) is 69.8 Å². The van der Waals surface area contributed by atoms with E-state index in [0.717, 1.165) is 56.2 Å². The molecule has 0 radical (unpaired) electrons. The van der Waals surface area contributed by atoms with Crippen LogP contribution in [0.1, 0.15) is 38.5 Å². The normalized spacial score (nSPS) is 24.1. The quantitative estimate of drug-likeness (QED) is 0.226. The molecule has 236 valence electrons. The average molecular weight is 660 g/mol. The van der Waals surface area contributed by atoms with Crippen molar-refractivity contribution in [3.63, 3.8) is 0 Å². The van der Waals surface area contributed by atoms with Crippen molar-refractivity contribution in [2.75, 3.05) is 43.4 Å². The van der Waals surface area contributed by atoms with Gasteiger partial charge in [-0.1, -0.05) is 22.9 Å². The third-order valence-corrected chi connectivity index (χ3v) is 11.1. The second kappa shape index (κ2) is 10.6. The molecular weight excluding hydrogens is 630 g/mol. The molecule has 0 spiro atoms. The van der Waals surface area contributed by atoms with Gasteiger partial charge in [0.25, 0.3) is 6.08 Å². The molecular formula is C31H30ClF4N7OS. The standard InChI is InChI=1S/C31H30ClF4N7OS/c32-19-11-18-24(23(36)22(19)17-3-4-20(33)26-25(17)38-28(37)45-26)39-29(44-15-31-6-1-9-43(31)10-2-7-31)40-27(18)42-13-16-5-8-30(14-42,41-16)12-21(34)35/h3-4,11-12,16,41H,1-2,5-10,13-15H2,(H2,37,38)/t16-,30-/m1/s1. The molecule has 45 heavy (non-hydrogen) atoms. The molecule has 0 unspecified atom stereocenters. The number of nitrogens with zero attached hydrogens (tertiary/aromatic N) is 5. The molecule has 14 heteroatoms. The molecule has 4 fully saturated rings. The lowest BCUT2D eigenvalue weighted by Gasteiger charge is -2.40. The van der Waals surface area contributed by atoms with E-state index in [-0.39, 0.29) is 61.2 Å². The molecule has 0 amide bonds. The SMILES string of the molecule is Nc1nc2c(-c3c(Cl)cc4c(N5C[C@H]6CC[C@@](C=C(F)F)(C5)N6)nc(OCC56CCCN5CCC6)nc4c3F)ccc(F)c2s1. The van der Waals surface area contributed by atoms with Gasteiger partial charge in [0.05, 0.1) is 26.3 Å². The van der Waals surface area contributed by atoms with Gasteiger partial charge in [-0.05, 0) is 69.8 Å². The highest BCUT2D eigenvalue weighted by Gasteiger charge is 2.46. The van der Waals surface area contributed by atoms with Gasteiger partial charge >= 0.3 is 6.01 Å². The lowest BCUT2D eigenvalue weighted by molar-refractivity contribution is 0.108. The maximum atomic E-state index is 16.8. The van der Waals surface area contributed by atoms with Crippen LogP contribution in [0.25, 0.3) is 32.2 Å². The number of nitrogen functional groups attached to an aromatic ring is 1. The van der Waals surface area contributed by atoms with E-state index in [2.05, 4.69) is 20.2 Å². The minimum absolute atomic E-state index is 0.00528. The molecule has 2 aromatic heterocycles. The Morgan fingerprint density at radius 2 is 1.93 bits per heavy atom. The van der Waals surface area contributed by atoms with Crippen molar-refractivity contribution in [3.8, 4) is 17.1 Å². The molecule has 6 heterocycles. The Hall–Kier alpha value is -3.26. The summed E-state index contributed by atoms with van der Waals surface area (Å²) in [7, 11) is 0. The molecule has 0 aliphatic carbocycles. The zero-order chi connectivity index (χ0) is 31.1. The van der Waals surface area contributed by atoms with Crippen molar-refractivity contribution < 1.29 is 22.3 Å². The van der Waals surface area contributed by atoms with Crippen LogP contribution in [0.4, 0.5) is 28.5 Å². The van der Waals surface area contributed by atoms with E-state index in [1.165, 1.54) is 12.1 Å². The van der Waals surface area contributed by atoms with Gasteiger partial charge in [-0.2, -0.15) is 18.7 Å². The van der Waals surface area contributed by atoms with E-state index in [1.54, 1.807) is 6.07 Å². The van der Waals surface area contributed by atoms with Gasteiger partial charge < -0.3 is 20.7 Å². The van der Waals surface area contributed by atoms with Crippen molar-refractivity contribution in [1.82, 2.24) is 25.2 Å². The first-order chi connectivity index (χ1) is 21.6. The molecule has 0 saturated carbocycles. The molecule has 4 aliphatic rings. The maximum Gasteiger partial charge on any atom is 0.319 e. The zero-order valence-corrected chi connectivity index (χ0v) is 25.8. The van der Waals surface area contributed by atoms with Crippen LogP contribution < -0.4 is 20.7 Å². The van der Waals surface area contributed by atoms with Crippen LogP contribution in [0, 0.1) is 11.6 Å². The van der Waals surface area contributed by atoms with Crippen molar-refractivity contribution in [2.24, 2.45) is 0 Å². The number of rotatable bonds is 6. The first-order valence-electron chi connectivity index (χ1n) is 15.1. The summed E-state index contributed by atoms with van der Waals surface area (Å²) in [6.07, 6.45) is 4.63. The predicted octanol–water partition coefficient (Wildman–Crippen LogP) is 6.52. The number of fused-ring (bicyclic) bond motifs is 5. The van der Waals surface area contributed by atoms with Crippen LogP contribution >= 0.6 is 22.9 Å². The third kappa shape index (κ3) is 4.81. The van der Waals surface area contributed by atoms with Gasteiger partial charge in [0.2, 0.25) is 0 Å². The zero-order valence-electron chi connectivity index (χ0n) is 24.2. The average Bonchev–Trinajstić information content (AvgIpc) is 3.75. The highest BCUT2D eigenvalue weighted by Crippen LogP contribution is 2.44. The van der Waals surface area contributed by atoms with Gasteiger partial charge in [-0.25, -0.2) is 13.8 Å². The van der Waals surface area contributed by atoms with E-state index in [1.807, 2.05) is 4.90 Å².